The molecule has 180 valence electrons. The van der Waals surface area contributed by atoms with Crippen LogP contribution < -0.4 is 14.4 Å². The van der Waals surface area contributed by atoms with Gasteiger partial charge in [-0.3, -0.25) is 9.10 Å². The molecular weight excluding hydrogens is 493 g/mol. The minimum Gasteiger partial charge on any atom is -0.457 e. The summed E-state index contributed by atoms with van der Waals surface area (Å²) in [5.41, 5.74) is -1.11. The number of nitrogens with zero attached hydrogens (tertiary/aromatic N) is 1. The minimum atomic E-state index is -4.72. The first kappa shape index (κ1) is 25.4. The summed E-state index contributed by atoms with van der Waals surface area (Å²) >= 11 is 5.60. The monoisotopic (exact) mass is 512 g/mol. The summed E-state index contributed by atoms with van der Waals surface area (Å²) in [4.78, 5) is 12.8. The number of alkyl halides is 3. The van der Waals surface area contributed by atoms with Crippen LogP contribution >= 0.6 is 11.6 Å². The summed E-state index contributed by atoms with van der Waals surface area (Å²) in [6.07, 6.45) is -3.79. The Bertz CT molecular complexity index is 1270. The van der Waals surface area contributed by atoms with Crippen LogP contribution in [0.4, 0.5) is 24.5 Å². The summed E-state index contributed by atoms with van der Waals surface area (Å²) in [7, 11) is -3.93. The average Bonchev–Trinajstić information content (AvgIpc) is 2.75. The van der Waals surface area contributed by atoms with E-state index in [0.29, 0.717) is 17.6 Å². The molecule has 3 aromatic rings. The third kappa shape index (κ3) is 6.21. The lowest BCUT2D eigenvalue weighted by Gasteiger charge is -2.28. The zero-order valence-electron chi connectivity index (χ0n) is 18.0. The van der Waals surface area contributed by atoms with Crippen LogP contribution in [0.1, 0.15) is 12.5 Å². The van der Waals surface area contributed by atoms with E-state index >= 15 is 0 Å². The number of hydrogen-bond acceptors (Lipinski definition) is 4. The fraction of sp³-hybridized carbons (Fsp3) is 0.174. The first-order valence-electron chi connectivity index (χ1n) is 9.86. The number of para-hydroxylation sites is 1. The van der Waals surface area contributed by atoms with E-state index in [1.165, 1.54) is 25.1 Å². The van der Waals surface area contributed by atoms with E-state index in [-0.39, 0.29) is 11.4 Å². The molecule has 0 bridgehead atoms. The maximum absolute atomic E-state index is 13.1. The molecule has 3 aromatic carbocycles. The molecule has 0 aliphatic carbocycles. The van der Waals surface area contributed by atoms with E-state index in [2.05, 4.69) is 5.32 Å². The Kier molecular flexibility index (Phi) is 7.42. The van der Waals surface area contributed by atoms with Gasteiger partial charge in [0.2, 0.25) is 15.9 Å². The predicted molar refractivity (Wildman–Crippen MR) is 125 cm³/mol. The summed E-state index contributed by atoms with van der Waals surface area (Å²) in [5.74, 6) is 0.205. The van der Waals surface area contributed by atoms with Crippen molar-refractivity contribution in [2.24, 2.45) is 0 Å². The molecule has 11 heteroatoms. The van der Waals surface area contributed by atoms with Crippen LogP contribution in [0, 0.1) is 0 Å². The molecule has 0 aromatic heterocycles. The highest BCUT2D eigenvalue weighted by Crippen LogP contribution is 2.36. The summed E-state index contributed by atoms with van der Waals surface area (Å²) < 4.78 is 70.8. The van der Waals surface area contributed by atoms with Crippen LogP contribution in [0.2, 0.25) is 5.02 Å². The molecule has 34 heavy (non-hydrogen) atoms. The lowest BCUT2D eigenvalue weighted by molar-refractivity contribution is -0.137. The van der Waals surface area contributed by atoms with Gasteiger partial charge >= 0.3 is 6.18 Å². The maximum Gasteiger partial charge on any atom is 0.417 e. The second-order valence-corrected chi connectivity index (χ2v) is 9.59. The van der Waals surface area contributed by atoms with Gasteiger partial charge in [0.15, 0.2) is 0 Å². The molecule has 1 amide bonds. The minimum absolute atomic E-state index is 0.173. The molecule has 1 atom stereocenters. The standard InChI is InChI=1S/C23H20ClF3N2O4S/c1-15(22(30)28-16-8-13-21(24)20(14-16)23(25,26)27)29(34(2,31)32)17-9-11-19(12-10-17)33-18-6-4-3-5-7-18/h3-15H,1-2H3,(H,28,30)/t15-/m1/s1. The molecule has 0 aliphatic heterocycles. The third-order valence-electron chi connectivity index (χ3n) is 4.70. The van der Waals surface area contributed by atoms with Crippen LogP contribution in [-0.4, -0.2) is 26.6 Å². The van der Waals surface area contributed by atoms with Crippen LogP contribution in [0.5, 0.6) is 11.5 Å². The van der Waals surface area contributed by atoms with Crippen molar-refractivity contribution >= 4 is 38.9 Å². The molecular formula is C23H20ClF3N2O4S. The van der Waals surface area contributed by atoms with Crippen molar-refractivity contribution in [2.45, 2.75) is 19.1 Å². The average molecular weight is 513 g/mol. The third-order valence-corrected chi connectivity index (χ3v) is 6.27. The van der Waals surface area contributed by atoms with E-state index in [0.717, 1.165) is 16.6 Å². The fourth-order valence-electron chi connectivity index (χ4n) is 3.16. The zero-order valence-corrected chi connectivity index (χ0v) is 19.6. The van der Waals surface area contributed by atoms with E-state index < -0.39 is 38.7 Å². The normalized spacial score (nSPS) is 12.6. The van der Waals surface area contributed by atoms with Crippen molar-refractivity contribution in [2.75, 3.05) is 15.9 Å². The quantitative estimate of drug-likeness (QED) is 0.425. The first-order valence-corrected chi connectivity index (χ1v) is 12.1. The lowest BCUT2D eigenvalue weighted by atomic mass is 10.2. The van der Waals surface area contributed by atoms with Gasteiger partial charge < -0.3 is 10.1 Å². The van der Waals surface area contributed by atoms with Crippen molar-refractivity contribution in [1.82, 2.24) is 0 Å². The first-order chi connectivity index (χ1) is 15.9. The maximum atomic E-state index is 13.1. The molecule has 0 fully saturated rings. The van der Waals surface area contributed by atoms with Crippen molar-refractivity contribution in [3.05, 3.63) is 83.4 Å². The molecule has 1 N–H and O–H groups in total. The van der Waals surface area contributed by atoms with Crippen LogP contribution in [0.25, 0.3) is 0 Å². The molecule has 0 unspecified atom stereocenters. The van der Waals surface area contributed by atoms with E-state index in [4.69, 9.17) is 16.3 Å². The van der Waals surface area contributed by atoms with Crippen LogP contribution in [0.15, 0.2) is 72.8 Å². The number of anilines is 2. The highest BCUT2D eigenvalue weighted by molar-refractivity contribution is 7.92. The number of sulfonamides is 1. The summed E-state index contributed by atoms with van der Waals surface area (Å²) in [6, 6.07) is 16.6. The molecule has 6 nitrogen and oxygen atoms in total. The van der Waals surface area contributed by atoms with Gasteiger partial charge in [0.1, 0.15) is 17.5 Å². The number of benzene rings is 3. The molecule has 0 radical (unpaired) electrons. The Balaban J connectivity index is 1.82. The molecule has 0 saturated carbocycles. The second kappa shape index (κ2) is 9.94. The number of carbonyl (C=O) groups excluding carboxylic acids is 1. The summed E-state index contributed by atoms with van der Waals surface area (Å²) in [6.45, 7) is 1.32. The Hall–Kier alpha value is -3.24. The number of carbonyl (C=O) groups is 1. The predicted octanol–water partition coefficient (Wildman–Crippen LogP) is 5.94. The van der Waals surface area contributed by atoms with Crippen molar-refractivity contribution in [1.29, 1.82) is 0 Å². The Morgan fingerprint density at radius 1 is 1.00 bits per heavy atom. The van der Waals surface area contributed by atoms with Gasteiger partial charge in [-0.25, -0.2) is 8.42 Å². The zero-order chi connectivity index (χ0) is 25.1. The lowest BCUT2D eigenvalue weighted by Crippen LogP contribution is -2.45. The van der Waals surface area contributed by atoms with Gasteiger partial charge in [-0.15, -0.1) is 0 Å². The number of nitrogens with one attached hydrogen (secondary N) is 1. The molecule has 0 spiro atoms. The fourth-order valence-corrected chi connectivity index (χ4v) is 4.56. The van der Waals surface area contributed by atoms with Gasteiger partial charge in [0.25, 0.3) is 0 Å². The number of rotatable bonds is 7. The number of amides is 1. The highest BCUT2D eigenvalue weighted by atomic mass is 35.5. The Morgan fingerprint density at radius 2 is 1.59 bits per heavy atom. The molecule has 0 saturated heterocycles. The highest BCUT2D eigenvalue weighted by Gasteiger charge is 2.34. The van der Waals surface area contributed by atoms with Gasteiger partial charge in [-0.2, -0.15) is 13.2 Å². The van der Waals surface area contributed by atoms with Gasteiger partial charge in [-0.05, 0) is 61.5 Å². The van der Waals surface area contributed by atoms with Crippen molar-refractivity contribution in [3.8, 4) is 11.5 Å². The number of ether oxygens (including phenoxy) is 1. The van der Waals surface area contributed by atoms with Gasteiger partial charge in [0, 0.05) is 5.69 Å². The van der Waals surface area contributed by atoms with E-state index in [1.807, 2.05) is 6.07 Å². The largest absolute Gasteiger partial charge is 0.457 e. The van der Waals surface area contributed by atoms with E-state index in [1.54, 1.807) is 36.4 Å². The Labute approximate surface area is 200 Å². The molecule has 0 heterocycles. The summed E-state index contributed by atoms with van der Waals surface area (Å²) in [5, 5.41) is 1.80. The SMILES string of the molecule is C[C@H](C(=O)Nc1ccc(Cl)c(C(F)(F)F)c1)N(c1ccc(Oc2ccccc2)cc1)S(C)(=O)=O. The molecule has 3 rings (SSSR count). The van der Waals surface area contributed by atoms with E-state index in [9.17, 15) is 26.4 Å². The van der Waals surface area contributed by atoms with Crippen LogP contribution in [-0.2, 0) is 21.0 Å². The van der Waals surface area contributed by atoms with Gasteiger partial charge in [-0.1, -0.05) is 29.8 Å². The Morgan fingerprint density at radius 3 is 2.15 bits per heavy atom. The van der Waals surface area contributed by atoms with Gasteiger partial charge in [0.05, 0.1) is 22.5 Å². The second-order valence-electron chi connectivity index (χ2n) is 7.33. The molecule has 0 aliphatic rings. The van der Waals surface area contributed by atoms with Crippen molar-refractivity contribution < 1.29 is 31.1 Å². The number of halogens is 4. The topological polar surface area (TPSA) is 75.7 Å². The van der Waals surface area contributed by atoms with Crippen molar-refractivity contribution in [3.63, 3.8) is 0 Å². The van der Waals surface area contributed by atoms with Crippen LogP contribution in [0.3, 0.4) is 0 Å². The smallest absolute Gasteiger partial charge is 0.417 e. The number of hydrogen-bond donors (Lipinski definition) is 1.